The summed E-state index contributed by atoms with van der Waals surface area (Å²) in [6, 6.07) is 3.00. The zero-order valence-corrected chi connectivity index (χ0v) is 11.8. The molecule has 1 fully saturated rings. The Morgan fingerprint density at radius 1 is 0.958 bits per heavy atom. The fraction of sp³-hybridized carbons (Fsp3) is 0.357. The summed E-state index contributed by atoms with van der Waals surface area (Å²) in [5.41, 5.74) is 3.03. The molecule has 1 saturated heterocycles. The van der Waals surface area contributed by atoms with E-state index in [-0.39, 0.29) is 5.56 Å². The number of amides is 1. The van der Waals surface area contributed by atoms with Crippen LogP contribution in [0, 0.1) is 5.92 Å². The van der Waals surface area contributed by atoms with Crippen LogP contribution in [0.15, 0.2) is 35.9 Å². The fourth-order valence-electron chi connectivity index (χ4n) is 2.94. The smallest absolute Gasteiger partial charge is 0.335 e. The number of hydrazine groups is 1. The number of nitrogens with one attached hydrogen (secondary N) is 3. The molecular weight excluding hydrogens is 340 g/mol. The Hall–Kier alpha value is -2.07. The molecule has 0 radical (unpaired) electrons. The molecular formula is C14H11F6N3O. The van der Waals surface area contributed by atoms with Crippen LogP contribution in [-0.2, 0) is 11.0 Å². The van der Waals surface area contributed by atoms with Crippen LogP contribution in [0.3, 0.4) is 0 Å². The largest absolute Gasteiger partial charge is 0.416 e. The van der Waals surface area contributed by atoms with E-state index in [2.05, 4.69) is 16.2 Å². The van der Waals surface area contributed by atoms with Gasteiger partial charge in [-0.1, -0.05) is 12.1 Å². The molecule has 0 bridgehead atoms. The number of halogens is 6. The number of carbonyl (C=O) groups is 1. The third-order valence-corrected chi connectivity index (χ3v) is 3.96. The third kappa shape index (κ3) is 2.98. The van der Waals surface area contributed by atoms with E-state index < -0.39 is 47.5 Å². The van der Waals surface area contributed by atoms with Gasteiger partial charge in [-0.25, -0.2) is 10.9 Å². The molecule has 2 aliphatic heterocycles. The lowest BCUT2D eigenvalue weighted by Crippen LogP contribution is -2.51. The minimum Gasteiger partial charge on any atom is -0.335 e. The number of carbonyl (C=O) groups excluding carboxylic acids is 1. The van der Waals surface area contributed by atoms with Gasteiger partial charge >= 0.3 is 12.4 Å². The first-order chi connectivity index (χ1) is 11.1. The number of benzene rings is 1. The Morgan fingerprint density at radius 2 is 1.67 bits per heavy atom. The van der Waals surface area contributed by atoms with Crippen LogP contribution < -0.4 is 16.2 Å². The van der Waals surface area contributed by atoms with Crippen molar-refractivity contribution in [3.63, 3.8) is 0 Å². The van der Waals surface area contributed by atoms with Crippen molar-refractivity contribution in [1.82, 2.24) is 16.2 Å². The summed E-state index contributed by atoms with van der Waals surface area (Å²) in [5, 5.41) is 2.31. The van der Waals surface area contributed by atoms with Crippen LogP contribution in [0.25, 0.3) is 0 Å². The summed E-state index contributed by atoms with van der Waals surface area (Å²) < 4.78 is 78.1. The van der Waals surface area contributed by atoms with E-state index in [1.807, 2.05) is 0 Å². The maximum Gasteiger partial charge on any atom is 0.416 e. The Labute approximate surface area is 131 Å². The van der Waals surface area contributed by atoms with Gasteiger partial charge in [-0.15, -0.1) is 0 Å². The lowest BCUT2D eigenvalue weighted by atomic mass is 9.83. The molecule has 1 amide bonds. The molecule has 1 aromatic rings. The molecule has 3 unspecified atom stereocenters. The Balaban J connectivity index is 2.01. The monoisotopic (exact) mass is 351 g/mol. The SMILES string of the molecule is O=C1C=C(C(F)(F)F)C2C(NNC2c2cccc(C(F)(F)F)c2)N1. The molecule has 3 atom stereocenters. The van der Waals surface area contributed by atoms with Gasteiger partial charge < -0.3 is 5.32 Å². The van der Waals surface area contributed by atoms with Gasteiger partial charge in [0, 0.05) is 17.6 Å². The fourth-order valence-corrected chi connectivity index (χ4v) is 2.94. The molecule has 24 heavy (non-hydrogen) atoms. The molecule has 130 valence electrons. The molecule has 3 rings (SSSR count). The number of rotatable bonds is 1. The standard InChI is InChI=1S/C14H11F6N3O/c15-13(16,17)7-3-1-2-6(4-7)11-10-8(14(18,19)20)5-9(24)21-12(10)23-22-11/h1-5,10-12,22-23H,(H,21,24). The summed E-state index contributed by atoms with van der Waals surface area (Å²) >= 11 is 0. The molecule has 2 heterocycles. The van der Waals surface area contributed by atoms with Gasteiger partial charge in [0.25, 0.3) is 0 Å². The number of alkyl halides is 6. The second kappa shape index (κ2) is 5.49. The summed E-state index contributed by atoms with van der Waals surface area (Å²) in [4.78, 5) is 11.4. The number of hydrogen-bond donors (Lipinski definition) is 3. The maximum absolute atomic E-state index is 13.2. The first-order valence-corrected chi connectivity index (χ1v) is 6.85. The van der Waals surface area contributed by atoms with Crippen molar-refractivity contribution in [1.29, 1.82) is 0 Å². The average molecular weight is 351 g/mol. The van der Waals surface area contributed by atoms with Gasteiger partial charge in [0.05, 0.1) is 11.6 Å². The molecule has 0 aromatic heterocycles. The van der Waals surface area contributed by atoms with E-state index in [1.165, 1.54) is 6.07 Å². The van der Waals surface area contributed by atoms with Crippen LogP contribution in [0.2, 0.25) is 0 Å². The molecule has 10 heteroatoms. The normalized spacial score (nSPS) is 27.5. The second-order valence-electron chi connectivity index (χ2n) is 5.50. The Kier molecular flexibility index (Phi) is 3.83. The minimum atomic E-state index is -4.77. The first-order valence-electron chi connectivity index (χ1n) is 6.85. The molecule has 1 aromatic carbocycles. The predicted octanol–water partition coefficient (Wildman–Crippen LogP) is 2.42. The molecule has 3 N–H and O–H groups in total. The van der Waals surface area contributed by atoms with Crippen LogP contribution in [0.1, 0.15) is 17.2 Å². The Morgan fingerprint density at radius 3 is 2.29 bits per heavy atom. The third-order valence-electron chi connectivity index (χ3n) is 3.96. The quantitative estimate of drug-likeness (QED) is 0.681. The van der Waals surface area contributed by atoms with Crippen molar-refractivity contribution in [3.8, 4) is 0 Å². The lowest BCUT2D eigenvalue weighted by Gasteiger charge is -2.30. The highest BCUT2D eigenvalue weighted by Crippen LogP contribution is 2.43. The van der Waals surface area contributed by atoms with Gasteiger partial charge in [0.1, 0.15) is 6.17 Å². The van der Waals surface area contributed by atoms with Crippen LogP contribution >= 0.6 is 0 Å². The first kappa shape index (κ1) is 16.8. The molecule has 0 aliphatic carbocycles. The summed E-state index contributed by atoms with van der Waals surface area (Å²) in [6.07, 6.45) is -10.0. The highest BCUT2D eigenvalue weighted by Gasteiger charge is 2.51. The van der Waals surface area contributed by atoms with Crippen LogP contribution in [0.4, 0.5) is 26.3 Å². The summed E-state index contributed by atoms with van der Waals surface area (Å²) in [5.74, 6) is -2.20. The van der Waals surface area contributed by atoms with E-state index >= 15 is 0 Å². The van der Waals surface area contributed by atoms with E-state index in [1.54, 1.807) is 0 Å². The second-order valence-corrected chi connectivity index (χ2v) is 5.50. The lowest BCUT2D eigenvalue weighted by molar-refractivity contribution is -0.137. The van der Waals surface area contributed by atoms with Crippen LogP contribution in [-0.4, -0.2) is 18.2 Å². The van der Waals surface area contributed by atoms with Crippen LogP contribution in [0.5, 0.6) is 0 Å². The Bertz CT molecular complexity index is 696. The van der Waals surface area contributed by atoms with Gasteiger partial charge in [-0.3, -0.25) is 4.79 Å². The summed E-state index contributed by atoms with van der Waals surface area (Å²) in [6.45, 7) is 0. The highest BCUT2D eigenvalue weighted by atomic mass is 19.4. The van der Waals surface area contributed by atoms with E-state index in [0.29, 0.717) is 6.08 Å². The predicted molar refractivity (Wildman–Crippen MR) is 70.0 cm³/mol. The van der Waals surface area contributed by atoms with Gasteiger partial charge in [0.15, 0.2) is 0 Å². The topological polar surface area (TPSA) is 53.2 Å². The van der Waals surface area contributed by atoms with E-state index in [0.717, 1.165) is 18.2 Å². The van der Waals surface area contributed by atoms with Gasteiger partial charge in [0.2, 0.25) is 5.91 Å². The summed E-state index contributed by atoms with van der Waals surface area (Å²) in [7, 11) is 0. The minimum absolute atomic E-state index is 0.0381. The van der Waals surface area contributed by atoms with Gasteiger partial charge in [-0.2, -0.15) is 26.3 Å². The van der Waals surface area contributed by atoms with Crippen molar-refractivity contribution in [2.45, 2.75) is 24.6 Å². The van der Waals surface area contributed by atoms with Crippen molar-refractivity contribution < 1.29 is 31.1 Å². The van der Waals surface area contributed by atoms with Crippen molar-refractivity contribution in [2.24, 2.45) is 5.92 Å². The molecule has 2 aliphatic rings. The van der Waals surface area contributed by atoms with Crippen molar-refractivity contribution in [3.05, 3.63) is 47.0 Å². The van der Waals surface area contributed by atoms with E-state index in [9.17, 15) is 31.1 Å². The van der Waals surface area contributed by atoms with Gasteiger partial charge in [-0.05, 0) is 17.7 Å². The highest BCUT2D eigenvalue weighted by molar-refractivity contribution is 5.90. The average Bonchev–Trinajstić information content (AvgIpc) is 2.88. The van der Waals surface area contributed by atoms with Crippen molar-refractivity contribution >= 4 is 5.91 Å². The molecule has 4 nitrogen and oxygen atoms in total. The number of hydrogen-bond acceptors (Lipinski definition) is 3. The molecule has 0 spiro atoms. The zero-order valence-electron chi connectivity index (χ0n) is 11.8. The molecule has 0 saturated carbocycles. The zero-order chi connectivity index (χ0) is 17.7. The van der Waals surface area contributed by atoms with E-state index in [4.69, 9.17) is 0 Å². The van der Waals surface area contributed by atoms with Crippen molar-refractivity contribution in [2.75, 3.05) is 0 Å². The maximum atomic E-state index is 13.2. The number of fused-ring (bicyclic) bond motifs is 1.